The zero-order valence-electron chi connectivity index (χ0n) is 16.8. The van der Waals surface area contributed by atoms with Crippen LogP contribution in [0.1, 0.15) is 104 Å². The van der Waals surface area contributed by atoms with Gasteiger partial charge in [0.25, 0.3) is 0 Å². The van der Waals surface area contributed by atoms with Crippen molar-refractivity contribution < 1.29 is 19.1 Å². The number of carbonyl (C=O) groups excluding carboxylic acids is 2. The zero-order chi connectivity index (χ0) is 18.8. The Bertz CT molecular complexity index is 328. The van der Waals surface area contributed by atoms with Crippen molar-refractivity contribution in [1.29, 1.82) is 0 Å². The number of unbranched alkanes of at least 4 members (excludes halogenated alkanes) is 6. The molecule has 0 aromatic rings. The monoisotopic (exact) mass is 356 g/mol. The van der Waals surface area contributed by atoms with Gasteiger partial charge in [-0.2, -0.15) is 0 Å². The summed E-state index contributed by atoms with van der Waals surface area (Å²) in [5.74, 6) is 0.283. The second kappa shape index (κ2) is 17.8. The third kappa shape index (κ3) is 16.2. The minimum atomic E-state index is -0.110. The standard InChI is InChI=1S/C21H40O4/c1-4-7-9-13-17-24-20(22)15-11-10-12-16-21(23)25-18-19(6-3)14-8-5-2/h19H,4-18H2,1-3H3. The third-order valence-electron chi connectivity index (χ3n) is 4.55. The molecule has 25 heavy (non-hydrogen) atoms. The van der Waals surface area contributed by atoms with Crippen LogP contribution < -0.4 is 0 Å². The van der Waals surface area contributed by atoms with Crippen LogP contribution in [-0.2, 0) is 19.1 Å². The van der Waals surface area contributed by atoms with Gasteiger partial charge in [-0.25, -0.2) is 0 Å². The maximum absolute atomic E-state index is 11.7. The normalized spacial score (nSPS) is 12.0. The highest BCUT2D eigenvalue weighted by Crippen LogP contribution is 2.14. The lowest BCUT2D eigenvalue weighted by Gasteiger charge is -2.14. The first kappa shape index (κ1) is 23.9. The lowest BCUT2D eigenvalue weighted by Crippen LogP contribution is -2.13. The van der Waals surface area contributed by atoms with Crippen molar-refractivity contribution >= 4 is 11.9 Å². The van der Waals surface area contributed by atoms with Crippen LogP contribution in [-0.4, -0.2) is 25.2 Å². The molecule has 0 N–H and O–H groups in total. The molecule has 0 radical (unpaired) electrons. The first-order valence-corrected chi connectivity index (χ1v) is 10.4. The van der Waals surface area contributed by atoms with Crippen LogP contribution in [0.5, 0.6) is 0 Å². The van der Waals surface area contributed by atoms with Crippen LogP contribution in [0.3, 0.4) is 0 Å². The van der Waals surface area contributed by atoms with Crippen LogP contribution in [0, 0.1) is 5.92 Å². The number of carbonyl (C=O) groups is 2. The molecule has 0 aromatic carbocycles. The van der Waals surface area contributed by atoms with Crippen molar-refractivity contribution in [3.05, 3.63) is 0 Å². The number of hydrogen-bond acceptors (Lipinski definition) is 4. The van der Waals surface area contributed by atoms with Gasteiger partial charge < -0.3 is 9.47 Å². The molecule has 1 unspecified atom stereocenters. The van der Waals surface area contributed by atoms with E-state index < -0.39 is 0 Å². The Kier molecular flexibility index (Phi) is 17.0. The van der Waals surface area contributed by atoms with Crippen molar-refractivity contribution in [2.75, 3.05) is 13.2 Å². The van der Waals surface area contributed by atoms with Crippen LogP contribution in [0.15, 0.2) is 0 Å². The lowest BCUT2D eigenvalue weighted by atomic mass is 10.0. The van der Waals surface area contributed by atoms with E-state index in [4.69, 9.17) is 9.47 Å². The molecule has 0 aliphatic rings. The van der Waals surface area contributed by atoms with Crippen molar-refractivity contribution in [1.82, 2.24) is 0 Å². The molecule has 0 bridgehead atoms. The van der Waals surface area contributed by atoms with Gasteiger partial charge in [0.05, 0.1) is 13.2 Å². The highest BCUT2D eigenvalue weighted by atomic mass is 16.5. The minimum Gasteiger partial charge on any atom is -0.466 e. The smallest absolute Gasteiger partial charge is 0.305 e. The minimum absolute atomic E-state index is 0.103. The number of ether oxygens (including phenoxy) is 2. The average Bonchev–Trinajstić information content (AvgIpc) is 2.61. The Morgan fingerprint density at radius 1 is 0.720 bits per heavy atom. The topological polar surface area (TPSA) is 52.6 Å². The van der Waals surface area contributed by atoms with E-state index in [0.717, 1.165) is 44.9 Å². The fraction of sp³-hybridized carbons (Fsp3) is 0.905. The van der Waals surface area contributed by atoms with Gasteiger partial charge in [-0.3, -0.25) is 9.59 Å². The van der Waals surface area contributed by atoms with Gasteiger partial charge in [0.2, 0.25) is 0 Å². The van der Waals surface area contributed by atoms with Crippen LogP contribution >= 0.6 is 0 Å². The molecule has 0 aliphatic heterocycles. The maximum Gasteiger partial charge on any atom is 0.305 e. The van der Waals surface area contributed by atoms with Gasteiger partial charge in [-0.1, -0.05) is 65.7 Å². The Morgan fingerprint density at radius 3 is 1.92 bits per heavy atom. The summed E-state index contributed by atoms with van der Waals surface area (Å²) in [6.07, 6.45) is 12.4. The summed E-state index contributed by atoms with van der Waals surface area (Å²) in [5, 5.41) is 0. The second-order valence-corrected chi connectivity index (χ2v) is 6.94. The summed E-state index contributed by atoms with van der Waals surface area (Å²) in [4.78, 5) is 23.3. The molecule has 0 fully saturated rings. The summed E-state index contributed by atoms with van der Waals surface area (Å²) in [6, 6.07) is 0. The lowest BCUT2D eigenvalue weighted by molar-refractivity contribution is -0.145. The number of hydrogen-bond donors (Lipinski definition) is 0. The van der Waals surface area contributed by atoms with Crippen molar-refractivity contribution in [2.45, 2.75) is 104 Å². The Hall–Kier alpha value is -1.06. The Balaban J connectivity index is 3.51. The van der Waals surface area contributed by atoms with Crippen molar-refractivity contribution in [2.24, 2.45) is 5.92 Å². The zero-order valence-corrected chi connectivity index (χ0v) is 16.8. The van der Waals surface area contributed by atoms with Crippen LogP contribution in [0.4, 0.5) is 0 Å². The van der Waals surface area contributed by atoms with E-state index in [2.05, 4.69) is 20.8 Å². The van der Waals surface area contributed by atoms with E-state index in [0.29, 0.717) is 32.0 Å². The van der Waals surface area contributed by atoms with Crippen molar-refractivity contribution in [3.8, 4) is 0 Å². The van der Waals surface area contributed by atoms with Gasteiger partial charge in [0, 0.05) is 12.8 Å². The highest BCUT2D eigenvalue weighted by Gasteiger charge is 2.10. The summed E-state index contributed by atoms with van der Waals surface area (Å²) in [5.41, 5.74) is 0. The summed E-state index contributed by atoms with van der Waals surface area (Å²) in [6.45, 7) is 7.59. The van der Waals surface area contributed by atoms with Gasteiger partial charge in [0.15, 0.2) is 0 Å². The fourth-order valence-corrected chi connectivity index (χ4v) is 2.68. The summed E-state index contributed by atoms with van der Waals surface area (Å²) < 4.78 is 10.6. The highest BCUT2D eigenvalue weighted by molar-refractivity contribution is 5.69. The molecule has 0 heterocycles. The first-order chi connectivity index (χ1) is 12.1. The molecule has 0 rings (SSSR count). The molecule has 0 amide bonds. The third-order valence-corrected chi connectivity index (χ3v) is 4.55. The quantitative estimate of drug-likeness (QED) is 0.243. The van der Waals surface area contributed by atoms with E-state index in [9.17, 15) is 9.59 Å². The molecule has 4 nitrogen and oxygen atoms in total. The SMILES string of the molecule is CCCCCCOC(=O)CCCCCC(=O)OCC(CC)CCCC. The summed E-state index contributed by atoms with van der Waals surface area (Å²) in [7, 11) is 0. The second-order valence-electron chi connectivity index (χ2n) is 6.94. The van der Waals surface area contributed by atoms with Crippen LogP contribution in [0.2, 0.25) is 0 Å². The molecule has 148 valence electrons. The van der Waals surface area contributed by atoms with Gasteiger partial charge >= 0.3 is 11.9 Å². The van der Waals surface area contributed by atoms with E-state index >= 15 is 0 Å². The Morgan fingerprint density at radius 2 is 1.32 bits per heavy atom. The number of rotatable bonds is 17. The largest absolute Gasteiger partial charge is 0.466 e. The van der Waals surface area contributed by atoms with E-state index in [-0.39, 0.29) is 11.9 Å². The van der Waals surface area contributed by atoms with E-state index in [1.807, 2.05) is 0 Å². The molecule has 4 heteroatoms. The van der Waals surface area contributed by atoms with Crippen molar-refractivity contribution in [3.63, 3.8) is 0 Å². The van der Waals surface area contributed by atoms with Gasteiger partial charge in [-0.15, -0.1) is 0 Å². The fourth-order valence-electron chi connectivity index (χ4n) is 2.68. The van der Waals surface area contributed by atoms with Gasteiger partial charge in [0.1, 0.15) is 0 Å². The molecule has 0 spiro atoms. The predicted molar refractivity (Wildman–Crippen MR) is 102 cm³/mol. The van der Waals surface area contributed by atoms with Gasteiger partial charge in [-0.05, 0) is 31.6 Å². The molecule has 1 atom stereocenters. The maximum atomic E-state index is 11.7. The molecule has 0 aliphatic carbocycles. The number of esters is 2. The van der Waals surface area contributed by atoms with Crippen LogP contribution in [0.25, 0.3) is 0 Å². The molecule has 0 saturated heterocycles. The molecular weight excluding hydrogens is 316 g/mol. The first-order valence-electron chi connectivity index (χ1n) is 10.4. The Labute approximate surface area is 155 Å². The molecule has 0 aromatic heterocycles. The predicted octanol–water partition coefficient (Wildman–Crippen LogP) is 5.82. The summed E-state index contributed by atoms with van der Waals surface area (Å²) >= 11 is 0. The van der Waals surface area contributed by atoms with E-state index in [1.54, 1.807) is 0 Å². The average molecular weight is 357 g/mol. The molecule has 0 saturated carbocycles. The van der Waals surface area contributed by atoms with E-state index in [1.165, 1.54) is 25.7 Å². The molecular formula is C21H40O4.